The van der Waals surface area contributed by atoms with Crippen LogP contribution in [-0.2, 0) is 25.5 Å². The molecule has 1 aliphatic carbocycles. The predicted octanol–water partition coefficient (Wildman–Crippen LogP) is 3.13. The Balaban J connectivity index is 1.55. The number of ether oxygens (including phenoxy) is 1. The van der Waals surface area contributed by atoms with E-state index < -0.39 is 12.0 Å². The highest BCUT2D eigenvalue weighted by Crippen LogP contribution is 2.19. The molecule has 0 aromatic heterocycles. The van der Waals surface area contributed by atoms with Crippen molar-refractivity contribution in [2.45, 2.75) is 58.0 Å². The minimum atomic E-state index is -0.799. The Morgan fingerprint density at radius 2 is 1.70 bits per heavy atom. The molecule has 2 N–H and O–H groups in total. The average Bonchev–Trinajstić information content (AvgIpc) is 3.23. The molecule has 1 atom stereocenters. The van der Waals surface area contributed by atoms with Crippen LogP contribution in [0.4, 0.5) is 0 Å². The van der Waals surface area contributed by atoms with E-state index in [1.165, 1.54) is 0 Å². The van der Waals surface area contributed by atoms with Gasteiger partial charge in [-0.05, 0) is 35.1 Å². The van der Waals surface area contributed by atoms with Crippen molar-refractivity contribution in [1.29, 1.82) is 0 Å². The molecule has 0 unspecified atom stereocenters. The van der Waals surface area contributed by atoms with E-state index in [1.54, 1.807) is 0 Å². The molecule has 160 valence electrons. The summed E-state index contributed by atoms with van der Waals surface area (Å²) in [6, 6.07) is 13.1. The first-order chi connectivity index (χ1) is 14.4. The van der Waals surface area contributed by atoms with E-state index in [0.29, 0.717) is 0 Å². The summed E-state index contributed by atoms with van der Waals surface area (Å²) in [5.41, 5.74) is 0.900. The molecular formula is C24H30N2O4. The lowest BCUT2D eigenvalue weighted by Crippen LogP contribution is -2.47. The zero-order valence-electron chi connectivity index (χ0n) is 17.6. The third kappa shape index (κ3) is 5.81. The van der Waals surface area contributed by atoms with Gasteiger partial charge in [0.2, 0.25) is 5.91 Å². The highest BCUT2D eigenvalue weighted by Gasteiger charge is 2.27. The Labute approximate surface area is 177 Å². The van der Waals surface area contributed by atoms with Gasteiger partial charge in [0.1, 0.15) is 6.04 Å². The fourth-order valence-corrected chi connectivity index (χ4v) is 3.91. The molecule has 1 aliphatic rings. The molecule has 30 heavy (non-hydrogen) atoms. The Morgan fingerprint density at radius 1 is 1.00 bits per heavy atom. The van der Waals surface area contributed by atoms with Crippen molar-refractivity contribution in [1.82, 2.24) is 10.6 Å². The predicted molar refractivity (Wildman–Crippen MR) is 116 cm³/mol. The molecule has 0 aliphatic heterocycles. The molecule has 2 aromatic rings. The van der Waals surface area contributed by atoms with Crippen molar-refractivity contribution in [3.8, 4) is 0 Å². The largest absolute Gasteiger partial charge is 0.454 e. The molecule has 0 bridgehead atoms. The van der Waals surface area contributed by atoms with Crippen molar-refractivity contribution >= 4 is 28.6 Å². The van der Waals surface area contributed by atoms with Crippen molar-refractivity contribution in [3.05, 3.63) is 48.0 Å². The second kappa shape index (κ2) is 10.2. The molecule has 6 nitrogen and oxygen atoms in total. The summed E-state index contributed by atoms with van der Waals surface area (Å²) in [6.07, 6.45) is 4.34. The molecule has 1 fully saturated rings. The van der Waals surface area contributed by atoms with Gasteiger partial charge < -0.3 is 15.4 Å². The third-order valence-corrected chi connectivity index (χ3v) is 5.53. The van der Waals surface area contributed by atoms with Crippen LogP contribution < -0.4 is 10.6 Å². The Kier molecular flexibility index (Phi) is 7.44. The van der Waals surface area contributed by atoms with E-state index in [2.05, 4.69) is 10.6 Å². The van der Waals surface area contributed by atoms with Crippen molar-refractivity contribution in [3.63, 3.8) is 0 Å². The number of rotatable bonds is 8. The van der Waals surface area contributed by atoms with E-state index in [9.17, 15) is 14.4 Å². The number of nitrogens with one attached hydrogen (secondary N) is 2. The molecule has 0 saturated heterocycles. The summed E-state index contributed by atoms with van der Waals surface area (Å²) < 4.78 is 5.19. The normalized spacial score (nSPS) is 15.2. The smallest absolute Gasteiger partial charge is 0.329 e. The van der Waals surface area contributed by atoms with Gasteiger partial charge in [0.25, 0.3) is 5.91 Å². The molecule has 2 aromatic carbocycles. The summed E-state index contributed by atoms with van der Waals surface area (Å²) in [7, 11) is 0. The second-order valence-electron chi connectivity index (χ2n) is 8.26. The average molecular weight is 411 g/mol. The highest BCUT2D eigenvalue weighted by atomic mass is 16.5. The zero-order chi connectivity index (χ0) is 21.5. The summed E-state index contributed by atoms with van der Waals surface area (Å²) >= 11 is 0. The lowest BCUT2D eigenvalue weighted by atomic mass is 10.0. The maximum atomic E-state index is 12.6. The van der Waals surface area contributed by atoms with E-state index in [-0.39, 0.29) is 36.8 Å². The van der Waals surface area contributed by atoms with Gasteiger partial charge >= 0.3 is 5.97 Å². The number of hydrogen-bond acceptors (Lipinski definition) is 4. The van der Waals surface area contributed by atoms with E-state index in [0.717, 1.165) is 42.0 Å². The standard InChI is InChI=1S/C24H30N2O4/c1-16(2)23(24(29)30-15-22(28)25-19-11-4-5-12-19)26-21(27)14-18-10-7-9-17-8-3-6-13-20(17)18/h3,6-10,13,16,19,23H,4-5,11-12,14-15H2,1-2H3,(H,25,28)(H,26,27)/t23-/m0/s1. The van der Waals surface area contributed by atoms with Gasteiger partial charge in [-0.2, -0.15) is 0 Å². The summed E-state index contributed by atoms with van der Waals surface area (Å²) in [6.45, 7) is 3.35. The first-order valence-electron chi connectivity index (χ1n) is 10.7. The van der Waals surface area contributed by atoms with Crippen LogP contribution in [0.25, 0.3) is 10.8 Å². The molecule has 3 rings (SSSR count). The Bertz CT molecular complexity index is 898. The van der Waals surface area contributed by atoms with Crippen LogP contribution in [0.15, 0.2) is 42.5 Å². The van der Waals surface area contributed by atoms with Gasteiger partial charge in [0.15, 0.2) is 6.61 Å². The lowest BCUT2D eigenvalue weighted by molar-refractivity contribution is -0.153. The third-order valence-electron chi connectivity index (χ3n) is 5.53. The molecule has 0 spiro atoms. The van der Waals surface area contributed by atoms with Crippen molar-refractivity contribution < 1.29 is 19.1 Å². The van der Waals surface area contributed by atoms with Gasteiger partial charge in [0, 0.05) is 6.04 Å². The molecule has 1 saturated carbocycles. The first kappa shape index (κ1) is 21.8. The Morgan fingerprint density at radius 3 is 2.43 bits per heavy atom. The number of amides is 2. The van der Waals surface area contributed by atoms with Crippen LogP contribution >= 0.6 is 0 Å². The molecular weight excluding hydrogens is 380 g/mol. The lowest BCUT2D eigenvalue weighted by Gasteiger charge is -2.21. The van der Waals surface area contributed by atoms with Crippen LogP contribution in [-0.4, -0.2) is 36.5 Å². The minimum Gasteiger partial charge on any atom is -0.454 e. The summed E-state index contributed by atoms with van der Waals surface area (Å²) in [4.78, 5) is 37.2. The van der Waals surface area contributed by atoms with Gasteiger partial charge in [-0.3, -0.25) is 9.59 Å². The monoisotopic (exact) mass is 410 g/mol. The molecule has 0 heterocycles. The number of hydrogen-bond donors (Lipinski definition) is 2. The Hall–Kier alpha value is -2.89. The van der Waals surface area contributed by atoms with Crippen LogP contribution in [0.3, 0.4) is 0 Å². The molecule has 2 amide bonds. The minimum absolute atomic E-state index is 0.160. The first-order valence-corrected chi connectivity index (χ1v) is 10.7. The van der Waals surface area contributed by atoms with E-state index >= 15 is 0 Å². The zero-order valence-corrected chi connectivity index (χ0v) is 17.6. The van der Waals surface area contributed by atoms with Gasteiger partial charge in [-0.15, -0.1) is 0 Å². The molecule has 6 heteroatoms. The highest BCUT2D eigenvalue weighted by molar-refractivity contribution is 5.92. The van der Waals surface area contributed by atoms with Gasteiger partial charge in [0.05, 0.1) is 6.42 Å². The SMILES string of the molecule is CC(C)[C@H](NC(=O)Cc1cccc2ccccc12)C(=O)OCC(=O)NC1CCCC1. The van der Waals surface area contributed by atoms with E-state index in [4.69, 9.17) is 4.74 Å². The maximum Gasteiger partial charge on any atom is 0.329 e. The van der Waals surface area contributed by atoms with Crippen molar-refractivity contribution in [2.75, 3.05) is 6.61 Å². The number of esters is 1. The quantitative estimate of drug-likeness (QED) is 0.655. The van der Waals surface area contributed by atoms with Crippen LogP contribution in [0, 0.1) is 5.92 Å². The van der Waals surface area contributed by atoms with Gasteiger partial charge in [-0.1, -0.05) is 69.2 Å². The van der Waals surface area contributed by atoms with Crippen LogP contribution in [0.1, 0.15) is 45.1 Å². The van der Waals surface area contributed by atoms with Crippen molar-refractivity contribution in [2.24, 2.45) is 5.92 Å². The van der Waals surface area contributed by atoms with Crippen LogP contribution in [0.5, 0.6) is 0 Å². The topological polar surface area (TPSA) is 84.5 Å². The number of benzene rings is 2. The number of fused-ring (bicyclic) bond motifs is 1. The summed E-state index contributed by atoms with van der Waals surface area (Å²) in [5, 5.41) is 7.75. The second-order valence-corrected chi connectivity index (χ2v) is 8.26. The summed E-state index contributed by atoms with van der Waals surface area (Å²) in [5.74, 6) is -1.29. The van der Waals surface area contributed by atoms with Gasteiger partial charge in [-0.25, -0.2) is 4.79 Å². The number of carbonyl (C=O) groups excluding carboxylic acids is 3. The fourth-order valence-electron chi connectivity index (χ4n) is 3.91. The number of carbonyl (C=O) groups is 3. The molecule has 0 radical (unpaired) electrons. The van der Waals surface area contributed by atoms with Crippen LogP contribution in [0.2, 0.25) is 0 Å². The van der Waals surface area contributed by atoms with E-state index in [1.807, 2.05) is 56.3 Å². The maximum absolute atomic E-state index is 12.6. The fraction of sp³-hybridized carbons (Fsp3) is 0.458.